The van der Waals surface area contributed by atoms with Crippen molar-refractivity contribution in [2.75, 3.05) is 20.7 Å². The van der Waals surface area contributed by atoms with Gasteiger partial charge in [0.2, 0.25) is 0 Å². The average molecular weight is 119 g/mol. The van der Waals surface area contributed by atoms with Crippen LogP contribution in [0.3, 0.4) is 0 Å². The molecule has 0 saturated heterocycles. The van der Waals surface area contributed by atoms with E-state index in [4.69, 9.17) is 5.11 Å². The third kappa shape index (κ3) is 4.05. The van der Waals surface area contributed by atoms with Gasteiger partial charge in [-0.05, 0) is 13.6 Å². The largest absolute Gasteiger partial charge is 0.368 e. The first-order valence-electron chi connectivity index (χ1n) is 2.66. The summed E-state index contributed by atoms with van der Waals surface area (Å²) in [4.78, 5) is 0. The Hall–Kier alpha value is -0.120. The van der Waals surface area contributed by atoms with Crippen molar-refractivity contribution in [2.24, 2.45) is 0 Å². The van der Waals surface area contributed by atoms with Gasteiger partial charge in [0, 0.05) is 13.5 Å². The fraction of sp³-hybridized carbons (Fsp3) is 1.00. The molecular weight excluding hydrogens is 106 g/mol. The zero-order valence-corrected chi connectivity index (χ0v) is 5.35. The third-order valence-electron chi connectivity index (χ3n) is 0.913. The molecule has 2 N–H and O–H groups in total. The predicted molar refractivity (Wildman–Crippen MR) is 31.6 cm³/mol. The van der Waals surface area contributed by atoms with Crippen LogP contribution in [-0.2, 0) is 4.74 Å². The number of hydrogen-bond acceptors (Lipinski definition) is 3. The molecule has 8 heavy (non-hydrogen) atoms. The normalized spacial score (nSPS) is 13.9. The molecule has 0 saturated carbocycles. The van der Waals surface area contributed by atoms with Crippen molar-refractivity contribution in [2.45, 2.75) is 12.7 Å². The maximum Gasteiger partial charge on any atom is 0.155 e. The lowest BCUT2D eigenvalue weighted by molar-refractivity contribution is -0.0771. The number of nitrogens with one attached hydrogen (secondary N) is 1. The Morgan fingerprint density at radius 3 is 2.75 bits per heavy atom. The summed E-state index contributed by atoms with van der Waals surface area (Å²) in [5, 5.41) is 11.6. The zero-order chi connectivity index (χ0) is 6.41. The van der Waals surface area contributed by atoms with Crippen LogP contribution in [0.4, 0.5) is 0 Å². The molecule has 0 rings (SSSR count). The number of hydrogen-bond donors (Lipinski definition) is 2. The van der Waals surface area contributed by atoms with Gasteiger partial charge in [0.15, 0.2) is 6.29 Å². The van der Waals surface area contributed by atoms with Crippen molar-refractivity contribution < 1.29 is 9.84 Å². The van der Waals surface area contributed by atoms with Crippen LogP contribution in [0.15, 0.2) is 0 Å². The second kappa shape index (κ2) is 5.03. The maximum absolute atomic E-state index is 8.73. The lowest BCUT2D eigenvalue weighted by atomic mass is 10.4. The average Bonchev–Trinajstić information content (AvgIpc) is 1.83. The monoisotopic (exact) mass is 119 g/mol. The van der Waals surface area contributed by atoms with Crippen LogP contribution in [0.5, 0.6) is 0 Å². The van der Waals surface area contributed by atoms with Gasteiger partial charge in [0.05, 0.1) is 0 Å². The summed E-state index contributed by atoms with van der Waals surface area (Å²) in [6.07, 6.45) is 0.0370. The Bertz CT molecular complexity index is 49.7. The minimum Gasteiger partial charge on any atom is -0.368 e. The molecular formula is C5H13NO2. The molecule has 1 unspecified atom stereocenters. The quantitative estimate of drug-likeness (QED) is 0.493. The second-order valence-electron chi connectivity index (χ2n) is 1.58. The second-order valence-corrected chi connectivity index (χ2v) is 1.58. The molecule has 0 amide bonds. The number of aliphatic hydroxyl groups excluding tert-OH is 1. The minimum absolute atomic E-state index is 0.609. The van der Waals surface area contributed by atoms with Crippen LogP contribution in [0.1, 0.15) is 6.42 Å². The van der Waals surface area contributed by atoms with Crippen LogP contribution in [0.25, 0.3) is 0 Å². The SMILES string of the molecule is CNCCC(O)OC. The molecule has 3 nitrogen and oxygen atoms in total. The number of methoxy groups -OCH3 is 1. The first-order valence-corrected chi connectivity index (χ1v) is 2.66. The van der Waals surface area contributed by atoms with E-state index in [9.17, 15) is 0 Å². The lowest BCUT2D eigenvalue weighted by Crippen LogP contribution is -2.17. The van der Waals surface area contributed by atoms with Gasteiger partial charge in [-0.3, -0.25) is 0 Å². The van der Waals surface area contributed by atoms with Gasteiger partial charge in [0.25, 0.3) is 0 Å². The molecule has 0 aliphatic carbocycles. The molecule has 0 aliphatic heterocycles. The van der Waals surface area contributed by atoms with E-state index >= 15 is 0 Å². The van der Waals surface area contributed by atoms with Gasteiger partial charge in [-0.1, -0.05) is 0 Å². The highest BCUT2D eigenvalue weighted by Crippen LogP contribution is 1.87. The van der Waals surface area contributed by atoms with E-state index in [0.29, 0.717) is 6.42 Å². The van der Waals surface area contributed by atoms with Gasteiger partial charge in [-0.25, -0.2) is 0 Å². The molecule has 0 bridgehead atoms. The smallest absolute Gasteiger partial charge is 0.155 e. The molecule has 3 heteroatoms. The first-order chi connectivity index (χ1) is 3.81. The van der Waals surface area contributed by atoms with Crippen molar-refractivity contribution in [3.05, 3.63) is 0 Å². The molecule has 0 fully saturated rings. The van der Waals surface area contributed by atoms with Crippen molar-refractivity contribution in [3.8, 4) is 0 Å². The number of ether oxygens (including phenoxy) is 1. The van der Waals surface area contributed by atoms with Crippen LogP contribution in [0.2, 0.25) is 0 Å². The molecule has 0 radical (unpaired) electrons. The van der Waals surface area contributed by atoms with Gasteiger partial charge >= 0.3 is 0 Å². The Kier molecular flexibility index (Phi) is 4.95. The molecule has 0 heterocycles. The Morgan fingerprint density at radius 2 is 2.38 bits per heavy atom. The van der Waals surface area contributed by atoms with E-state index in [-0.39, 0.29) is 0 Å². The third-order valence-corrected chi connectivity index (χ3v) is 0.913. The minimum atomic E-state index is -0.609. The van der Waals surface area contributed by atoms with Crippen LogP contribution >= 0.6 is 0 Å². The van der Waals surface area contributed by atoms with Crippen LogP contribution in [0, 0.1) is 0 Å². The van der Waals surface area contributed by atoms with Crippen molar-refractivity contribution >= 4 is 0 Å². The topological polar surface area (TPSA) is 41.5 Å². The van der Waals surface area contributed by atoms with Gasteiger partial charge < -0.3 is 15.2 Å². The molecule has 0 aromatic carbocycles. The highest BCUT2D eigenvalue weighted by atomic mass is 16.6. The summed E-state index contributed by atoms with van der Waals surface area (Å²) in [6.45, 7) is 0.787. The summed E-state index contributed by atoms with van der Waals surface area (Å²) >= 11 is 0. The first kappa shape index (κ1) is 7.88. The Balaban J connectivity index is 2.86. The van der Waals surface area contributed by atoms with Crippen LogP contribution in [-0.4, -0.2) is 32.1 Å². The van der Waals surface area contributed by atoms with Crippen molar-refractivity contribution in [3.63, 3.8) is 0 Å². The van der Waals surface area contributed by atoms with E-state index in [0.717, 1.165) is 6.54 Å². The van der Waals surface area contributed by atoms with Crippen molar-refractivity contribution in [1.82, 2.24) is 5.32 Å². The van der Waals surface area contributed by atoms with E-state index in [1.807, 2.05) is 7.05 Å². The summed E-state index contributed by atoms with van der Waals surface area (Å²) < 4.78 is 4.57. The summed E-state index contributed by atoms with van der Waals surface area (Å²) in [5.41, 5.74) is 0. The molecule has 0 spiro atoms. The van der Waals surface area contributed by atoms with E-state index < -0.39 is 6.29 Å². The maximum atomic E-state index is 8.73. The van der Waals surface area contributed by atoms with Crippen molar-refractivity contribution in [1.29, 1.82) is 0 Å². The number of aliphatic hydroxyl groups is 1. The molecule has 0 aromatic heterocycles. The van der Waals surface area contributed by atoms with Gasteiger partial charge in [0.1, 0.15) is 0 Å². The molecule has 50 valence electrons. The summed E-state index contributed by atoms with van der Waals surface area (Å²) in [6, 6.07) is 0. The zero-order valence-electron chi connectivity index (χ0n) is 5.35. The van der Waals surface area contributed by atoms with Crippen LogP contribution < -0.4 is 5.32 Å². The lowest BCUT2D eigenvalue weighted by Gasteiger charge is -2.05. The fourth-order valence-corrected chi connectivity index (χ4v) is 0.386. The summed E-state index contributed by atoms with van der Waals surface area (Å²) in [7, 11) is 3.32. The molecule has 0 aliphatic rings. The highest BCUT2D eigenvalue weighted by molar-refractivity contribution is 4.42. The Labute approximate surface area is 49.7 Å². The standard InChI is InChI=1S/C5H13NO2/c1-6-4-3-5(7)8-2/h5-7H,3-4H2,1-2H3. The summed E-state index contributed by atoms with van der Waals surface area (Å²) in [5.74, 6) is 0. The number of rotatable bonds is 4. The van der Waals surface area contributed by atoms with Gasteiger partial charge in [-0.2, -0.15) is 0 Å². The highest BCUT2D eigenvalue weighted by Gasteiger charge is 1.96. The van der Waals surface area contributed by atoms with E-state index in [1.54, 1.807) is 0 Å². The van der Waals surface area contributed by atoms with E-state index in [1.165, 1.54) is 7.11 Å². The fourth-order valence-electron chi connectivity index (χ4n) is 0.386. The Morgan fingerprint density at radius 1 is 1.75 bits per heavy atom. The van der Waals surface area contributed by atoms with Gasteiger partial charge in [-0.15, -0.1) is 0 Å². The molecule has 0 aromatic rings. The van der Waals surface area contributed by atoms with E-state index in [2.05, 4.69) is 10.1 Å². The molecule has 1 atom stereocenters. The predicted octanol–water partition coefficient (Wildman–Crippen LogP) is -0.439.